The maximum absolute atomic E-state index is 11.0. The Hall–Kier alpha value is -2.88. The Balaban J connectivity index is 1.89. The number of aliphatic carboxylic acids is 1. The number of carbonyl (C=O) groups is 1. The summed E-state index contributed by atoms with van der Waals surface area (Å²) < 4.78 is 1.92. The predicted octanol–water partition coefficient (Wildman–Crippen LogP) is 3.98. The summed E-state index contributed by atoms with van der Waals surface area (Å²) in [5, 5.41) is 8.99. The summed E-state index contributed by atoms with van der Waals surface area (Å²) in [5.41, 5.74) is 6.30. The third kappa shape index (κ3) is 2.60. The SMILES string of the molecule is O=C(O)/C=C/c1c(-c2ccc3c(c2)CCCC3)nc2ccccn12. The van der Waals surface area contributed by atoms with Gasteiger partial charge in [-0.25, -0.2) is 9.78 Å². The zero-order chi connectivity index (χ0) is 16.5. The fourth-order valence-electron chi connectivity index (χ4n) is 3.42. The van der Waals surface area contributed by atoms with Crippen molar-refractivity contribution in [2.45, 2.75) is 25.7 Å². The Morgan fingerprint density at radius 3 is 2.79 bits per heavy atom. The molecule has 0 saturated carbocycles. The van der Waals surface area contributed by atoms with Crippen molar-refractivity contribution >= 4 is 17.7 Å². The van der Waals surface area contributed by atoms with Gasteiger partial charge in [-0.15, -0.1) is 0 Å². The predicted molar refractivity (Wildman–Crippen MR) is 93.9 cm³/mol. The summed E-state index contributed by atoms with van der Waals surface area (Å²) in [6.07, 6.45) is 9.44. The Labute approximate surface area is 140 Å². The lowest BCUT2D eigenvalue weighted by Crippen LogP contribution is -2.02. The van der Waals surface area contributed by atoms with E-state index in [9.17, 15) is 4.79 Å². The van der Waals surface area contributed by atoms with Crippen LogP contribution < -0.4 is 0 Å². The quantitative estimate of drug-likeness (QED) is 0.743. The molecule has 1 aliphatic rings. The Morgan fingerprint density at radius 1 is 1.12 bits per heavy atom. The van der Waals surface area contributed by atoms with Crippen molar-refractivity contribution in [3.63, 3.8) is 0 Å². The molecule has 0 unspecified atom stereocenters. The van der Waals surface area contributed by atoms with Gasteiger partial charge >= 0.3 is 5.97 Å². The summed E-state index contributed by atoms with van der Waals surface area (Å²) >= 11 is 0. The Morgan fingerprint density at radius 2 is 1.96 bits per heavy atom. The molecule has 0 bridgehead atoms. The molecule has 4 rings (SSSR count). The first kappa shape index (κ1) is 14.7. The molecule has 0 spiro atoms. The maximum Gasteiger partial charge on any atom is 0.328 e. The van der Waals surface area contributed by atoms with E-state index >= 15 is 0 Å². The lowest BCUT2D eigenvalue weighted by molar-refractivity contribution is -0.131. The van der Waals surface area contributed by atoms with Crippen LogP contribution in [0.25, 0.3) is 23.0 Å². The molecule has 3 aromatic rings. The number of fused-ring (bicyclic) bond motifs is 2. The topological polar surface area (TPSA) is 54.6 Å². The minimum Gasteiger partial charge on any atom is -0.478 e. The molecule has 1 aliphatic carbocycles. The minimum absolute atomic E-state index is 0.795. The highest BCUT2D eigenvalue weighted by Crippen LogP contribution is 2.30. The van der Waals surface area contributed by atoms with E-state index in [2.05, 4.69) is 18.2 Å². The number of hydrogen-bond donors (Lipinski definition) is 1. The number of hydrogen-bond acceptors (Lipinski definition) is 2. The molecule has 120 valence electrons. The highest BCUT2D eigenvalue weighted by atomic mass is 16.4. The number of benzene rings is 1. The third-order valence-corrected chi connectivity index (χ3v) is 4.57. The molecule has 1 aromatic carbocycles. The van der Waals surface area contributed by atoms with Gasteiger partial charge in [0, 0.05) is 17.8 Å². The van der Waals surface area contributed by atoms with Crippen LogP contribution in [0.15, 0.2) is 48.7 Å². The first-order chi connectivity index (χ1) is 11.7. The van der Waals surface area contributed by atoms with Gasteiger partial charge in [0.1, 0.15) is 5.65 Å². The van der Waals surface area contributed by atoms with Crippen LogP contribution >= 0.6 is 0 Å². The Kier molecular flexibility index (Phi) is 3.65. The summed E-state index contributed by atoms with van der Waals surface area (Å²) in [6, 6.07) is 12.3. The van der Waals surface area contributed by atoms with Crippen LogP contribution in [0.3, 0.4) is 0 Å². The van der Waals surface area contributed by atoms with Crippen LogP contribution in [-0.4, -0.2) is 20.5 Å². The van der Waals surface area contributed by atoms with Crippen LogP contribution in [0.2, 0.25) is 0 Å². The van der Waals surface area contributed by atoms with Gasteiger partial charge < -0.3 is 5.11 Å². The first-order valence-corrected chi connectivity index (χ1v) is 8.22. The Bertz CT molecular complexity index is 953. The fourth-order valence-corrected chi connectivity index (χ4v) is 3.42. The van der Waals surface area contributed by atoms with Crippen molar-refractivity contribution in [2.24, 2.45) is 0 Å². The van der Waals surface area contributed by atoms with Crippen LogP contribution in [0, 0.1) is 0 Å². The van der Waals surface area contributed by atoms with E-state index in [1.54, 1.807) is 6.08 Å². The molecule has 24 heavy (non-hydrogen) atoms. The summed E-state index contributed by atoms with van der Waals surface area (Å²) in [4.78, 5) is 15.7. The van der Waals surface area contributed by atoms with Gasteiger partial charge in [0.05, 0.1) is 11.4 Å². The maximum atomic E-state index is 11.0. The van der Waals surface area contributed by atoms with E-state index in [1.165, 1.54) is 30.0 Å². The van der Waals surface area contributed by atoms with Crippen molar-refractivity contribution in [3.05, 3.63) is 65.5 Å². The van der Waals surface area contributed by atoms with Gasteiger partial charge in [-0.3, -0.25) is 4.40 Å². The number of rotatable bonds is 3. The minimum atomic E-state index is -0.961. The van der Waals surface area contributed by atoms with Gasteiger partial charge in [-0.2, -0.15) is 0 Å². The first-order valence-electron chi connectivity index (χ1n) is 8.22. The molecule has 4 nitrogen and oxygen atoms in total. The van der Waals surface area contributed by atoms with Crippen LogP contribution in [-0.2, 0) is 17.6 Å². The van der Waals surface area contributed by atoms with Crippen molar-refractivity contribution in [2.75, 3.05) is 0 Å². The second kappa shape index (κ2) is 5.96. The average molecular weight is 318 g/mol. The van der Waals surface area contributed by atoms with Crippen LogP contribution in [0.5, 0.6) is 0 Å². The highest BCUT2D eigenvalue weighted by Gasteiger charge is 2.15. The summed E-state index contributed by atoms with van der Waals surface area (Å²) in [5.74, 6) is -0.961. The monoisotopic (exact) mass is 318 g/mol. The standard InChI is InChI=1S/C20H18N2O2/c23-19(24)11-10-17-20(21-18-7-3-4-12-22(17)18)16-9-8-14-5-1-2-6-15(14)13-16/h3-4,7-13H,1-2,5-6H2,(H,23,24)/b11-10+. The zero-order valence-electron chi connectivity index (χ0n) is 13.3. The number of aryl methyl sites for hydroxylation is 2. The average Bonchev–Trinajstić information content (AvgIpc) is 2.98. The molecule has 0 fully saturated rings. The molecule has 0 atom stereocenters. The molecular weight excluding hydrogens is 300 g/mol. The molecule has 1 N–H and O–H groups in total. The second-order valence-electron chi connectivity index (χ2n) is 6.14. The summed E-state index contributed by atoms with van der Waals surface area (Å²) in [6.45, 7) is 0. The number of aromatic nitrogens is 2. The molecule has 0 aliphatic heterocycles. The highest BCUT2D eigenvalue weighted by molar-refractivity contribution is 5.87. The van der Waals surface area contributed by atoms with E-state index in [4.69, 9.17) is 10.1 Å². The van der Waals surface area contributed by atoms with Crippen molar-refractivity contribution < 1.29 is 9.90 Å². The molecule has 2 heterocycles. The van der Waals surface area contributed by atoms with Crippen molar-refractivity contribution in [3.8, 4) is 11.3 Å². The smallest absolute Gasteiger partial charge is 0.328 e. The van der Waals surface area contributed by atoms with E-state index in [-0.39, 0.29) is 0 Å². The van der Waals surface area contributed by atoms with Crippen LogP contribution in [0.4, 0.5) is 0 Å². The van der Waals surface area contributed by atoms with Crippen LogP contribution in [0.1, 0.15) is 29.7 Å². The number of pyridine rings is 1. The second-order valence-corrected chi connectivity index (χ2v) is 6.14. The fraction of sp³-hybridized carbons (Fsp3) is 0.200. The number of imidazole rings is 1. The van der Waals surface area contributed by atoms with Gasteiger partial charge in [-0.1, -0.05) is 18.2 Å². The van der Waals surface area contributed by atoms with E-state index in [1.807, 2.05) is 28.8 Å². The van der Waals surface area contributed by atoms with E-state index in [0.29, 0.717) is 0 Å². The molecule has 4 heteroatoms. The van der Waals surface area contributed by atoms with Gasteiger partial charge in [0.25, 0.3) is 0 Å². The summed E-state index contributed by atoms with van der Waals surface area (Å²) in [7, 11) is 0. The van der Waals surface area contributed by atoms with Gasteiger partial charge in [0.2, 0.25) is 0 Å². The molecule has 0 amide bonds. The van der Waals surface area contributed by atoms with E-state index < -0.39 is 5.97 Å². The third-order valence-electron chi connectivity index (χ3n) is 4.57. The lowest BCUT2D eigenvalue weighted by atomic mass is 9.90. The lowest BCUT2D eigenvalue weighted by Gasteiger charge is -2.16. The normalized spacial score (nSPS) is 14.2. The molecule has 0 saturated heterocycles. The van der Waals surface area contributed by atoms with Crippen molar-refractivity contribution in [1.82, 2.24) is 9.38 Å². The number of carboxylic acid groups (broad SMARTS) is 1. The molecular formula is C20H18N2O2. The number of nitrogens with zero attached hydrogens (tertiary/aromatic N) is 2. The number of carboxylic acids is 1. The molecule has 2 aromatic heterocycles. The largest absolute Gasteiger partial charge is 0.478 e. The van der Waals surface area contributed by atoms with Crippen molar-refractivity contribution in [1.29, 1.82) is 0 Å². The van der Waals surface area contributed by atoms with Gasteiger partial charge in [-0.05, 0) is 61.1 Å². The van der Waals surface area contributed by atoms with E-state index in [0.717, 1.165) is 35.4 Å². The molecule has 0 radical (unpaired) electrons. The zero-order valence-corrected chi connectivity index (χ0v) is 13.3. The van der Waals surface area contributed by atoms with Gasteiger partial charge in [0.15, 0.2) is 0 Å².